The molecule has 0 radical (unpaired) electrons. The predicted molar refractivity (Wildman–Crippen MR) is 75.4 cm³/mol. The first-order valence-electron chi connectivity index (χ1n) is 8.07. The number of hydrogen-bond acceptors (Lipinski definition) is 4. The fraction of sp³-hybridized carbons (Fsp3) is 1.00. The molecule has 0 amide bonds. The summed E-state index contributed by atoms with van der Waals surface area (Å²) in [7, 11) is 0. The summed E-state index contributed by atoms with van der Waals surface area (Å²) in [6.07, 6.45) is 6.67. The molecule has 2 atom stereocenters. The Morgan fingerprint density at radius 2 is 2.11 bits per heavy atom. The maximum atomic E-state index is 5.69. The van der Waals surface area contributed by atoms with Gasteiger partial charge in [-0.15, -0.1) is 0 Å². The highest BCUT2D eigenvalue weighted by atomic mass is 16.5. The molecule has 4 heteroatoms. The summed E-state index contributed by atoms with van der Waals surface area (Å²) in [5.74, 6) is 0.929. The van der Waals surface area contributed by atoms with Crippen LogP contribution in [-0.2, 0) is 9.47 Å². The van der Waals surface area contributed by atoms with Gasteiger partial charge in [-0.1, -0.05) is 0 Å². The van der Waals surface area contributed by atoms with Crippen molar-refractivity contribution in [1.29, 1.82) is 0 Å². The van der Waals surface area contributed by atoms with Gasteiger partial charge in [0, 0.05) is 25.8 Å². The molecule has 0 saturated carbocycles. The first kappa shape index (κ1) is 13.8. The summed E-state index contributed by atoms with van der Waals surface area (Å²) in [5, 5.41) is 3.73. The lowest BCUT2D eigenvalue weighted by atomic mass is 9.84. The number of nitrogens with one attached hydrogen (secondary N) is 1. The average molecular weight is 268 g/mol. The standard InChI is InChI=1S/C15H28N2O2/c1-3-14(19-10-1)12-18-9-2-6-16-15-11-17-7-4-13(15)5-8-17/h13-16H,1-12H2. The second kappa shape index (κ2) is 7.02. The van der Waals surface area contributed by atoms with Gasteiger partial charge in [0.25, 0.3) is 0 Å². The lowest BCUT2D eigenvalue weighted by Crippen LogP contribution is -2.56. The predicted octanol–water partition coefficient (Wildman–Crippen LogP) is 1.26. The molecule has 4 aliphatic heterocycles. The van der Waals surface area contributed by atoms with Gasteiger partial charge in [0.05, 0.1) is 12.7 Å². The summed E-state index contributed by atoms with van der Waals surface area (Å²) < 4.78 is 11.2. The molecule has 1 N–H and O–H groups in total. The Balaban J connectivity index is 1.21. The van der Waals surface area contributed by atoms with Crippen LogP contribution in [0.1, 0.15) is 32.1 Å². The molecule has 0 aliphatic carbocycles. The molecule has 4 aliphatic rings. The van der Waals surface area contributed by atoms with Crippen LogP contribution < -0.4 is 5.32 Å². The number of ether oxygens (including phenoxy) is 2. The van der Waals surface area contributed by atoms with Crippen molar-refractivity contribution in [3.8, 4) is 0 Å². The molecule has 0 spiro atoms. The molecular weight excluding hydrogens is 240 g/mol. The van der Waals surface area contributed by atoms with Gasteiger partial charge in [-0.25, -0.2) is 0 Å². The molecule has 4 rings (SSSR count). The van der Waals surface area contributed by atoms with Gasteiger partial charge >= 0.3 is 0 Å². The van der Waals surface area contributed by atoms with Crippen molar-refractivity contribution < 1.29 is 9.47 Å². The highest BCUT2D eigenvalue weighted by Crippen LogP contribution is 2.27. The summed E-state index contributed by atoms with van der Waals surface area (Å²) in [5.41, 5.74) is 0. The Hall–Kier alpha value is -0.160. The Morgan fingerprint density at radius 1 is 1.21 bits per heavy atom. The smallest absolute Gasteiger partial charge is 0.0809 e. The molecular formula is C15H28N2O2. The fourth-order valence-electron chi connectivity index (χ4n) is 3.65. The zero-order valence-corrected chi connectivity index (χ0v) is 12.0. The normalized spacial score (nSPS) is 37.9. The SMILES string of the molecule is C(CNC1CN2CCC1CC2)COCC1CCCO1. The van der Waals surface area contributed by atoms with E-state index in [0.29, 0.717) is 6.10 Å². The molecule has 4 saturated heterocycles. The number of nitrogens with zero attached hydrogens (tertiary/aromatic N) is 1. The van der Waals surface area contributed by atoms with Gasteiger partial charge in [0.1, 0.15) is 0 Å². The van der Waals surface area contributed by atoms with Crippen LogP contribution in [0.2, 0.25) is 0 Å². The van der Waals surface area contributed by atoms with Crippen molar-refractivity contribution in [3.63, 3.8) is 0 Å². The molecule has 0 aromatic rings. The van der Waals surface area contributed by atoms with Crippen molar-refractivity contribution >= 4 is 0 Å². The molecule has 0 aromatic heterocycles. The minimum absolute atomic E-state index is 0.370. The number of rotatable bonds is 7. The van der Waals surface area contributed by atoms with E-state index < -0.39 is 0 Å². The van der Waals surface area contributed by atoms with Crippen LogP contribution in [0.25, 0.3) is 0 Å². The van der Waals surface area contributed by atoms with Crippen LogP contribution in [0.5, 0.6) is 0 Å². The molecule has 2 bridgehead atoms. The number of piperidine rings is 3. The van der Waals surface area contributed by atoms with E-state index in [4.69, 9.17) is 9.47 Å². The molecule has 110 valence electrons. The van der Waals surface area contributed by atoms with E-state index >= 15 is 0 Å². The zero-order valence-electron chi connectivity index (χ0n) is 12.0. The third-order valence-electron chi connectivity index (χ3n) is 4.86. The molecule has 0 aromatic carbocycles. The Bertz CT molecular complexity index is 261. The van der Waals surface area contributed by atoms with Crippen LogP contribution in [0.4, 0.5) is 0 Å². The van der Waals surface area contributed by atoms with Crippen molar-refractivity contribution in [1.82, 2.24) is 10.2 Å². The highest BCUT2D eigenvalue weighted by Gasteiger charge is 2.33. The van der Waals surface area contributed by atoms with Crippen LogP contribution in [-0.4, -0.2) is 63.0 Å². The second-order valence-electron chi connectivity index (χ2n) is 6.26. The van der Waals surface area contributed by atoms with Gasteiger partial charge in [-0.2, -0.15) is 0 Å². The lowest BCUT2D eigenvalue weighted by Gasteiger charge is -2.45. The summed E-state index contributed by atoms with van der Waals surface area (Å²) >= 11 is 0. The molecule has 2 unspecified atom stereocenters. The third kappa shape index (κ3) is 3.91. The fourth-order valence-corrected chi connectivity index (χ4v) is 3.65. The van der Waals surface area contributed by atoms with Crippen LogP contribution in [0.3, 0.4) is 0 Å². The van der Waals surface area contributed by atoms with Crippen molar-refractivity contribution in [2.75, 3.05) is 46.0 Å². The van der Waals surface area contributed by atoms with E-state index in [1.54, 1.807) is 0 Å². The van der Waals surface area contributed by atoms with Gasteiger partial charge in [0.2, 0.25) is 0 Å². The largest absolute Gasteiger partial charge is 0.379 e. The van der Waals surface area contributed by atoms with E-state index in [0.717, 1.165) is 44.7 Å². The molecule has 4 heterocycles. The maximum Gasteiger partial charge on any atom is 0.0809 e. The molecule has 4 nitrogen and oxygen atoms in total. The van der Waals surface area contributed by atoms with E-state index in [-0.39, 0.29) is 0 Å². The highest BCUT2D eigenvalue weighted by molar-refractivity contribution is 4.90. The number of fused-ring (bicyclic) bond motifs is 3. The summed E-state index contributed by atoms with van der Waals surface area (Å²) in [4.78, 5) is 2.60. The van der Waals surface area contributed by atoms with Gasteiger partial charge < -0.3 is 19.7 Å². The van der Waals surface area contributed by atoms with Gasteiger partial charge in [0.15, 0.2) is 0 Å². The maximum absolute atomic E-state index is 5.69. The van der Waals surface area contributed by atoms with Crippen molar-refractivity contribution in [2.24, 2.45) is 5.92 Å². The minimum Gasteiger partial charge on any atom is -0.379 e. The second-order valence-corrected chi connectivity index (χ2v) is 6.26. The van der Waals surface area contributed by atoms with Crippen molar-refractivity contribution in [3.05, 3.63) is 0 Å². The lowest BCUT2D eigenvalue weighted by molar-refractivity contribution is 0.0156. The van der Waals surface area contributed by atoms with E-state index in [1.807, 2.05) is 0 Å². The minimum atomic E-state index is 0.370. The average Bonchev–Trinajstić information content (AvgIpc) is 2.97. The zero-order chi connectivity index (χ0) is 12.9. The number of hydrogen-bond donors (Lipinski definition) is 1. The van der Waals surface area contributed by atoms with Gasteiger partial charge in [-0.3, -0.25) is 0 Å². The monoisotopic (exact) mass is 268 g/mol. The quantitative estimate of drug-likeness (QED) is 0.705. The van der Waals surface area contributed by atoms with E-state index in [2.05, 4.69) is 10.2 Å². The topological polar surface area (TPSA) is 33.7 Å². The van der Waals surface area contributed by atoms with Crippen LogP contribution >= 0.6 is 0 Å². The Morgan fingerprint density at radius 3 is 2.79 bits per heavy atom. The third-order valence-corrected chi connectivity index (χ3v) is 4.86. The molecule has 19 heavy (non-hydrogen) atoms. The van der Waals surface area contributed by atoms with E-state index in [1.165, 1.54) is 45.3 Å². The Kier molecular flexibility index (Phi) is 5.10. The van der Waals surface area contributed by atoms with Gasteiger partial charge in [-0.05, 0) is 57.7 Å². The van der Waals surface area contributed by atoms with E-state index in [9.17, 15) is 0 Å². The first-order chi connectivity index (χ1) is 9.42. The Labute approximate surface area is 116 Å². The molecule has 4 fully saturated rings. The summed E-state index contributed by atoms with van der Waals surface area (Å²) in [6.45, 7) is 7.60. The summed E-state index contributed by atoms with van der Waals surface area (Å²) in [6, 6.07) is 0.737. The first-order valence-corrected chi connectivity index (χ1v) is 8.07. The van der Waals surface area contributed by atoms with Crippen molar-refractivity contribution in [2.45, 2.75) is 44.2 Å². The van der Waals surface area contributed by atoms with Crippen LogP contribution in [0, 0.1) is 5.92 Å². The van der Waals surface area contributed by atoms with Crippen LogP contribution in [0.15, 0.2) is 0 Å².